The molecule has 2 heterocycles. The Balaban J connectivity index is 1.75. The summed E-state index contributed by atoms with van der Waals surface area (Å²) in [6.45, 7) is 2.90. The molecule has 0 bridgehead atoms. The zero-order valence-electron chi connectivity index (χ0n) is 16.6. The molecule has 1 fully saturated rings. The van der Waals surface area contributed by atoms with E-state index in [2.05, 4.69) is 0 Å². The highest BCUT2D eigenvalue weighted by Gasteiger charge is 2.32. The number of carbonyl (C=O) groups is 1. The maximum atomic E-state index is 12.8. The van der Waals surface area contributed by atoms with E-state index in [4.69, 9.17) is 27.0 Å². The van der Waals surface area contributed by atoms with Crippen LogP contribution < -0.4 is 0 Å². The molecule has 0 saturated carbocycles. The molecular weight excluding hydrogens is 416 g/mol. The Morgan fingerprint density at radius 3 is 2.57 bits per heavy atom. The molecule has 3 aromatic rings. The molecule has 30 heavy (non-hydrogen) atoms. The van der Waals surface area contributed by atoms with Crippen LogP contribution in [0.4, 0.5) is 0 Å². The van der Waals surface area contributed by atoms with Crippen LogP contribution in [0.2, 0.25) is 0 Å². The maximum Gasteiger partial charge on any atom is 0.266 e. The van der Waals surface area contributed by atoms with E-state index < -0.39 is 0 Å². The fourth-order valence-corrected chi connectivity index (χ4v) is 4.27. The molecule has 0 N–H and O–H groups in total. The third-order valence-corrected chi connectivity index (χ3v) is 5.97. The second-order valence-corrected chi connectivity index (χ2v) is 8.41. The van der Waals surface area contributed by atoms with Gasteiger partial charge in [-0.1, -0.05) is 72.0 Å². The zero-order chi connectivity index (χ0) is 21.1. The van der Waals surface area contributed by atoms with Crippen LogP contribution in [0.15, 0.2) is 59.5 Å². The number of hydrogen-bond acceptors (Lipinski definition) is 6. The van der Waals surface area contributed by atoms with Gasteiger partial charge in [-0.2, -0.15) is 0 Å². The van der Waals surface area contributed by atoms with Crippen LogP contribution in [0.1, 0.15) is 11.4 Å². The molecule has 1 saturated heterocycles. The highest BCUT2D eigenvalue weighted by Crippen LogP contribution is 2.32. The van der Waals surface area contributed by atoms with Crippen LogP contribution in [-0.2, 0) is 9.53 Å². The van der Waals surface area contributed by atoms with Gasteiger partial charge in [0.25, 0.3) is 5.91 Å². The fraction of sp³-hybridized carbons (Fsp3) is 0.182. The number of hydrogen-bond donors (Lipinski definition) is 0. The molecule has 1 aromatic heterocycles. The smallest absolute Gasteiger partial charge is 0.266 e. The average molecular weight is 437 g/mol. The molecule has 6 nitrogen and oxygen atoms in total. The third kappa shape index (κ3) is 4.21. The second kappa shape index (κ2) is 8.91. The van der Waals surface area contributed by atoms with Crippen LogP contribution in [0.25, 0.3) is 23.2 Å². The molecule has 1 amide bonds. The highest BCUT2D eigenvalue weighted by molar-refractivity contribution is 8.26. The van der Waals surface area contributed by atoms with E-state index in [1.54, 1.807) is 22.8 Å². The summed E-state index contributed by atoms with van der Waals surface area (Å²) in [5, 5.41) is 4.71. The molecule has 1 aliphatic rings. The molecular formula is C22H20N4O2S2. The number of para-hydroxylation sites is 1. The first kappa shape index (κ1) is 20.5. The van der Waals surface area contributed by atoms with Gasteiger partial charge in [0, 0.05) is 18.7 Å². The largest absolute Gasteiger partial charge is 0.383 e. The number of benzene rings is 2. The number of thioether (sulfide) groups is 1. The summed E-state index contributed by atoms with van der Waals surface area (Å²) in [4.78, 5) is 19.6. The van der Waals surface area contributed by atoms with E-state index in [9.17, 15) is 4.79 Å². The van der Waals surface area contributed by atoms with Crippen molar-refractivity contribution in [1.29, 1.82) is 0 Å². The third-order valence-electron chi connectivity index (χ3n) is 4.60. The van der Waals surface area contributed by atoms with E-state index in [1.165, 1.54) is 17.3 Å². The molecule has 0 atom stereocenters. The minimum atomic E-state index is -0.137. The number of rotatable bonds is 6. The SMILES string of the molecule is COCCN1C(=O)C(=Cc2nc(-c3ccc(C)cc3)nn2-c2ccccc2)SC1=S. The van der Waals surface area contributed by atoms with Crippen molar-refractivity contribution in [2.45, 2.75) is 6.92 Å². The van der Waals surface area contributed by atoms with Gasteiger partial charge < -0.3 is 4.74 Å². The number of aromatic nitrogens is 3. The van der Waals surface area contributed by atoms with Crippen molar-refractivity contribution in [2.75, 3.05) is 20.3 Å². The number of amides is 1. The van der Waals surface area contributed by atoms with Crippen LogP contribution in [0.3, 0.4) is 0 Å². The Labute approximate surface area is 184 Å². The predicted octanol–water partition coefficient (Wildman–Crippen LogP) is 4.09. The molecule has 8 heteroatoms. The van der Waals surface area contributed by atoms with E-state index in [1.807, 2.05) is 61.5 Å². The van der Waals surface area contributed by atoms with Gasteiger partial charge in [-0.3, -0.25) is 9.69 Å². The number of carbonyl (C=O) groups excluding carboxylic acids is 1. The molecule has 2 aromatic carbocycles. The molecule has 0 unspecified atom stereocenters. The molecule has 152 valence electrons. The van der Waals surface area contributed by atoms with E-state index in [0.29, 0.717) is 34.0 Å². The number of methoxy groups -OCH3 is 1. The van der Waals surface area contributed by atoms with Crippen LogP contribution in [-0.4, -0.2) is 50.2 Å². The van der Waals surface area contributed by atoms with Crippen molar-refractivity contribution in [1.82, 2.24) is 19.7 Å². The van der Waals surface area contributed by atoms with Gasteiger partial charge in [0.2, 0.25) is 0 Å². The molecule has 0 aliphatic carbocycles. The van der Waals surface area contributed by atoms with Crippen molar-refractivity contribution in [3.63, 3.8) is 0 Å². The highest BCUT2D eigenvalue weighted by atomic mass is 32.2. The summed E-state index contributed by atoms with van der Waals surface area (Å²) in [5.41, 5.74) is 2.95. The van der Waals surface area contributed by atoms with Crippen molar-refractivity contribution in [3.05, 3.63) is 70.9 Å². The van der Waals surface area contributed by atoms with Gasteiger partial charge in [-0.25, -0.2) is 9.67 Å². The van der Waals surface area contributed by atoms with E-state index >= 15 is 0 Å². The standard InChI is InChI=1S/C22H20N4O2S2/c1-15-8-10-16(11-9-15)20-23-19(26(24-20)17-6-4-3-5-7-17)14-18-21(27)25(12-13-28-2)22(29)30-18/h3-11,14H,12-13H2,1-2H3. The van der Waals surface area contributed by atoms with Crippen LogP contribution in [0, 0.1) is 6.92 Å². The molecule has 4 rings (SSSR count). The molecule has 0 radical (unpaired) electrons. The Hall–Kier alpha value is -2.81. The van der Waals surface area contributed by atoms with Crippen LogP contribution in [0.5, 0.6) is 0 Å². The quantitative estimate of drug-likeness (QED) is 0.428. The van der Waals surface area contributed by atoms with Crippen molar-refractivity contribution in [3.8, 4) is 17.1 Å². The normalized spacial score (nSPS) is 15.4. The van der Waals surface area contributed by atoms with E-state index in [-0.39, 0.29) is 5.91 Å². The number of aryl methyl sites for hydroxylation is 1. The first-order valence-electron chi connectivity index (χ1n) is 9.40. The minimum Gasteiger partial charge on any atom is -0.383 e. The Morgan fingerprint density at radius 1 is 1.13 bits per heavy atom. The van der Waals surface area contributed by atoms with Crippen molar-refractivity contribution in [2.24, 2.45) is 0 Å². The monoisotopic (exact) mass is 436 g/mol. The summed E-state index contributed by atoms with van der Waals surface area (Å²) in [6.07, 6.45) is 1.75. The van der Waals surface area contributed by atoms with Gasteiger partial charge >= 0.3 is 0 Å². The first-order chi connectivity index (χ1) is 14.6. The molecule has 1 aliphatic heterocycles. The van der Waals surface area contributed by atoms with Gasteiger partial charge in [0.1, 0.15) is 4.32 Å². The van der Waals surface area contributed by atoms with Gasteiger partial charge in [0.15, 0.2) is 11.6 Å². The van der Waals surface area contributed by atoms with Gasteiger partial charge in [-0.15, -0.1) is 5.10 Å². The number of thiocarbonyl (C=S) groups is 1. The predicted molar refractivity (Wildman–Crippen MR) is 123 cm³/mol. The lowest BCUT2D eigenvalue weighted by Gasteiger charge is -2.12. The van der Waals surface area contributed by atoms with Gasteiger partial charge in [0.05, 0.1) is 23.7 Å². The lowest BCUT2D eigenvalue weighted by atomic mass is 10.1. The van der Waals surface area contributed by atoms with Crippen LogP contribution >= 0.6 is 24.0 Å². The first-order valence-corrected chi connectivity index (χ1v) is 10.6. The fourth-order valence-electron chi connectivity index (χ4n) is 2.99. The Kier molecular flexibility index (Phi) is 6.08. The maximum absolute atomic E-state index is 12.8. The minimum absolute atomic E-state index is 0.137. The Morgan fingerprint density at radius 2 is 1.87 bits per heavy atom. The zero-order valence-corrected chi connectivity index (χ0v) is 18.2. The summed E-state index contributed by atoms with van der Waals surface area (Å²) in [7, 11) is 1.60. The topological polar surface area (TPSA) is 60.2 Å². The van der Waals surface area contributed by atoms with Crippen molar-refractivity contribution >= 4 is 40.3 Å². The summed E-state index contributed by atoms with van der Waals surface area (Å²) < 4.78 is 7.35. The average Bonchev–Trinajstić information content (AvgIpc) is 3.29. The summed E-state index contributed by atoms with van der Waals surface area (Å²) in [6, 6.07) is 17.8. The summed E-state index contributed by atoms with van der Waals surface area (Å²) >= 11 is 6.64. The lowest BCUT2D eigenvalue weighted by Crippen LogP contribution is -2.31. The van der Waals surface area contributed by atoms with E-state index in [0.717, 1.165) is 11.3 Å². The number of ether oxygens (including phenoxy) is 1. The number of nitrogens with zero attached hydrogens (tertiary/aromatic N) is 4. The summed E-state index contributed by atoms with van der Waals surface area (Å²) in [5.74, 6) is 1.03. The Bertz CT molecular complexity index is 1110. The lowest BCUT2D eigenvalue weighted by molar-refractivity contribution is -0.122. The molecule has 0 spiro atoms. The van der Waals surface area contributed by atoms with Gasteiger partial charge in [-0.05, 0) is 19.1 Å². The second-order valence-electron chi connectivity index (χ2n) is 6.73. The van der Waals surface area contributed by atoms with Crippen molar-refractivity contribution < 1.29 is 9.53 Å².